The molecule has 1 N–H and O–H groups in total. The van der Waals surface area contributed by atoms with Crippen molar-refractivity contribution in [1.29, 1.82) is 0 Å². The normalized spacial score (nSPS) is 10.9. The van der Waals surface area contributed by atoms with Crippen LogP contribution in [0, 0.1) is 3.95 Å². The number of nitrogens with one attached hydrogen (secondary N) is 1. The van der Waals surface area contributed by atoms with E-state index in [-0.39, 0.29) is 0 Å². The number of hydrogen-bond acceptors (Lipinski definition) is 4. The summed E-state index contributed by atoms with van der Waals surface area (Å²) >= 11 is 8.29. The first-order chi connectivity index (χ1) is 7.34. The number of fused-ring (bicyclic) bond motifs is 1. The van der Waals surface area contributed by atoms with E-state index in [0.717, 1.165) is 8.96 Å². The summed E-state index contributed by atoms with van der Waals surface area (Å²) in [6.07, 6.45) is 0. The molecule has 0 radical (unpaired) electrons. The summed E-state index contributed by atoms with van der Waals surface area (Å²) < 4.78 is 1.99. The Morgan fingerprint density at radius 1 is 1.27 bits per heavy atom. The quantitative estimate of drug-likeness (QED) is 0.659. The average molecular weight is 250 g/mol. The molecule has 74 valence electrons. The van der Waals surface area contributed by atoms with Crippen LogP contribution in [0.2, 0.25) is 0 Å². The minimum Gasteiger partial charge on any atom is -0.258 e. The molecular formula is C10H6N2S3. The lowest BCUT2D eigenvalue weighted by atomic mass is 10.2. The van der Waals surface area contributed by atoms with Gasteiger partial charge in [-0.3, -0.25) is 5.10 Å². The van der Waals surface area contributed by atoms with Gasteiger partial charge in [0.2, 0.25) is 0 Å². The van der Waals surface area contributed by atoms with Gasteiger partial charge in [0.05, 0.1) is 0 Å². The number of benzene rings is 1. The van der Waals surface area contributed by atoms with Crippen molar-refractivity contribution in [3.05, 3.63) is 33.6 Å². The standard InChI is InChI=1S/C10H6N2S3/c13-10-12-11-9(15-10)7-3-1-2-6-4-5-14-8(6)7/h1-5H,(H,12,13). The first-order valence-electron chi connectivity index (χ1n) is 4.37. The Kier molecular flexibility index (Phi) is 2.16. The number of nitrogens with zero attached hydrogens (tertiary/aromatic N) is 1. The molecule has 0 unspecified atom stereocenters. The van der Waals surface area contributed by atoms with E-state index in [1.165, 1.54) is 27.0 Å². The molecule has 0 saturated heterocycles. The summed E-state index contributed by atoms with van der Waals surface area (Å²) in [7, 11) is 0. The van der Waals surface area contributed by atoms with Crippen molar-refractivity contribution in [3.8, 4) is 10.6 Å². The SMILES string of the molecule is S=c1[nH]nc(-c2cccc3ccsc23)s1. The van der Waals surface area contributed by atoms with Crippen LogP contribution in [-0.2, 0) is 0 Å². The molecule has 2 aromatic heterocycles. The molecule has 1 aromatic carbocycles. The molecule has 2 heterocycles. The van der Waals surface area contributed by atoms with Crippen LogP contribution in [0.15, 0.2) is 29.6 Å². The van der Waals surface area contributed by atoms with E-state index >= 15 is 0 Å². The second kappa shape index (κ2) is 3.52. The lowest BCUT2D eigenvalue weighted by Gasteiger charge is -1.96. The molecule has 0 amide bonds. The lowest BCUT2D eigenvalue weighted by Crippen LogP contribution is -1.76. The highest BCUT2D eigenvalue weighted by Crippen LogP contribution is 2.33. The summed E-state index contributed by atoms with van der Waals surface area (Å²) in [4.78, 5) is 0. The van der Waals surface area contributed by atoms with Crippen molar-refractivity contribution in [2.45, 2.75) is 0 Å². The predicted octanol–water partition coefficient (Wildman–Crippen LogP) is 4.08. The van der Waals surface area contributed by atoms with Crippen LogP contribution in [0.3, 0.4) is 0 Å². The maximum absolute atomic E-state index is 5.04. The molecule has 0 aliphatic heterocycles. The fourth-order valence-corrected chi connectivity index (χ4v) is 3.41. The maximum atomic E-state index is 5.04. The Morgan fingerprint density at radius 3 is 3.00 bits per heavy atom. The molecule has 0 spiro atoms. The van der Waals surface area contributed by atoms with E-state index in [0.29, 0.717) is 0 Å². The molecule has 0 bridgehead atoms. The lowest BCUT2D eigenvalue weighted by molar-refractivity contribution is 1.08. The monoisotopic (exact) mass is 250 g/mol. The molecule has 0 fully saturated rings. The van der Waals surface area contributed by atoms with E-state index in [2.05, 4.69) is 39.8 Å². The highest BCUT2D eigenvalue weighted by Gasteiger charge is 2.07. The zero-order valence-corrected chi connectivity index (χ0v) is 10.0. The van der Waals surface area contributed by atoms with Gasteiger partial charge in [-0.15, -0.1) is 11.3 Å². The van der Waals surface area contributed by atoms with Gasteiger partial charge in [0, 0.05) is 10.3 Å². The van der Waals surface area contributed by atoms with Crippen molar-refractivity contribution in [2.24, 2.45) is 0 Å². The van der Waals surface area contributed by atoms with Gasteiger partial charge in [-0.2, -0.15) is 5.10 Å². The minimum absolute atomic E-state index is 0.721. The number of H-pyrrole nitrogens is 1. The number of rotatable bonds is 1. The summed E-state index contributed by atoms with van der Waals surface area (Å²) in [5, 5.41) is 11.3. The first kappa shape index (κ1) is 9.21. The second-order valence-corrected chi connectivity index (χ2v) is 5.64. The zero-order valence-electron chi connectivity index (χ0n) is 7.56. The molecule has 3 aromatic rings. The van der Waals surface area contributed by atoms with Gasteiger partial charge in [0.25, 0.3) is 0 Å². The Balaban J connectivity index is 2.35. The average Bonchev–Trinajstić information content (AvgIpc) is 2.84. The largest absolute Gasteiger partial charge is 0.258 e. The fourth-order valence-electron chi connectivity index (χ4n) is 1.51. The number of aromatic amines is 1. The highest BCUT2D eigenvalue weighted by molar-refractivity contribution is 7.73. The third kappa shape index (κ3) is 1.52. The van der Waals surface area contributed by atoms with Crippen molar-refractivity contribution in [1.82, 2.24) is 10.2 Å². The van der Waals surface area contributed by atoms with Gasteiger partial charge < -0.3 is 0 Å². The highest BCUT2D eigenvalue weighted by atomic mass is 32.1. The van der Waals surface area contributed by atoms with Crippen LogP contribution < -0.4 is 0 Å². The summed E-state index contributed by atoms with van der Waals surface area (Å²) in [6.45, 7) is 0. The van der Waals surface area contributed by atoms with Crippen LogP contribution in [0.1, 0.15) is 0 Å². The molecule has 0 saturated carbocycles. The van der Waals surface area contributed by atoms with Crippen LogP contribution >= 0.6 is 34.9 Å². The van der Waals surface area contributed by atoms with Crippen LogP contribution in [0.5, 0.6) is 0 Å². The van der Waals surface area contributed by atoms with Crippen LogP contribution in [0.4, 0.5) is 0 Å². The Bertz CT molecular complexity index is 662. The van der Waals surface area contributed by atoms with Crippen LogP contribution in [0.25, 0.3) is 20.7 Å². The smallest absolute Gasteiger partial charge is 0.176 e. The van der Waals surface area contributed by atoms with Gasteiger partial charge in [-0.25, -0.2) is 0 Å². The molecule has 0 aliphatic carbocycles. The molecule has 2 nitrogen and oxygen atoms in total. The Labute approximate surface area is 99.2 Å². The van der Waals surface area contributed by atoms with E-state index in [1.54, 1.807) is 11.3 Å². The third-order valence-electron chi connectivity index (χ3n) is 2.15. The van der Waals surface area contributed by atoms with Gasteiger partial charge in [-0.05, 0) is 29.1 Å². The van der Waals surface area contributed by atoms with E-state index in [9.17, 15) is 0 Å². The van der Waals surface area contributed by atoms with Crippen molar-refractivity contribution in [3.63, 3.8) is 0 Å². The Hall–Kier alpha value is -1.04. The van der Waals surface area contributed by atoms with Gasteiger partial charge in [0.15, 0.2) is 3.95 Å². The molecule has 3 rings (SSSR count). The zero-order chi connectivity index (χ0) is 10.3. The molecule has 5 heteroatoms. The summed E-state index contributed by atoms with van der Waals surface area (Å²) in [6, 6.07) is 8.37. The topological polar surface area (TPSA) is 28.7 Å². The number of hydrogen-bond donors (Lipinski definition) is 1. The fraction of sp³-hybridized carbons (Fsp3) is 0. The van der Waals surface area contributed by atoms with Gasteiger partial charge in [-0.1, -0.05) is 29.5 Å². The summed E-state index contributed by atoms with van der Waals surface area (Å²) in [5.74, 6) is 0. The van der Waals surface area contributed by atoms with E-state index < -0.39 is 0 Å². The molecular weight excluding hydrogens is 244 g/mol. The van der Waals surface area contributed by atoms with E-state index in [1.807, 2.05) is 0 Å². The first-order valence-corrected chi connectivity index (χ1v) is 6.47. The predicted molar refractivity (Wildman–Crippen MR) is 68.1 cm³/mol. The van der Waals surface area contributed by atoms with Crippen molar-refractivity contribution < 1.29 is 0 Å². The van der Waals surface area contributed by atoms with Gasteiger partial charge in [0.1, 0.15) is 5.01 Å². The number of thiophene rings is 1. The molecule has 15 heavy (non-hydrogen) atoms. The van der Waals surface area contributed by atoms with Crippen molar-refractivity contribution in [2.75, 3.05) is 0 Å². The Morgan fingerprint density at radius 2 is 2.20 bits per heavy atom. The van der Waals surface area contributed by atoms with Gasteiger partial charge >= 0.3 is 0 Å². The van der Waals surface area contributed by atoms with E-state index in [4.69, 9.17) is 12.2 Å². The summed E-state index contributed by atoms with van der Waals surface area (Å²) in [5.41, 5.74) is 1.17. The molecule has 0 atom stereocenters. The number of aromatic nitrogens is 2. The third-order valence-corrected chi connectivity index (χ3v) is 4.23. The van der Waals surface area contributed by atoms with Crippen LogP contribution in [-0.4, -0.2) is 10.2 Å². The maximum Gasteiger partial charge on any atom is 0.176 e. The molecule has 0 aliphatic rings. The van der Waals surface area contributed by atoms with Crippen molar-refractivity contribution >= 4 is 45.0 Å². The second-order valence-electron chi connectivity index (χ2n) is 3.06. The minimum atomic E-state index is 0.721.